The number of nitrogens with zero attached hydrogens (tertiary/aromatic N) is 1. The van der Waals surface area contributed by atoms with Crippen LogP contribution in [0.25, 0.3) is 0 Å². The van der Waals surface area contributed by atoms with Gasteiger partial charge in [0.1, 0.15) is 0 Å². The molecule has 94 valence electrons. The van der Waals surface area contributed by atoms with Gasteiger partial charge in [0.25, 0.3) is 0 Å². The fourth-order valence-electron chi connectivity index (χ4n) is 3.50. The van der Waals surface area contributed by atoms with Gasteiger partial charge in [-0.3, -0.25) is 4.90 Å². The van der Waals surface area contributed by atoms with Crippen LogP contribution in [0.4, 0.5) is 0 Å². The summed E-state index contributed by atoms with van der Waals surface area (Å²) in [5, 5.41) is 1.20. The van der Waals surface area contributed by atoms with Gasteiger partial charge in [0.15, 0.2) is 0 Å². The third-order valence-electron chi connectivity index (χ3n) is 4.80. The molecule has 0 radical (unpaired) electrons. The molecule has 16 heavy (non-hydrogen) atoms. The van der Waals surface area contributed by atoms with E-state index in [0.29, 0.717) is 11.0 Å². The monoisotopic (exact) mass is 287 g/mol. The van der Waals surface area contributed by atoms with Crippen LogP contribution in [0.5, 0.6) is 0 Å². The topological polar surface area (TPSA) is 3.24 Å². The van der Waals surface area contributed by atoms with Crippen molar-refractivity contribution >= 4 is 15.9 Å². The first-order valence-corrected chi connectivity index (χ1v) is 8.01. The van der Waals surface area contributed by atoms with Gasteiger partial charge < -0.3 is 0 Å². The van der Waals surface area contributed by atoms with Crippen molar-refractivity contribution in [1.29, 1.82) is 0 Å². The summed E-state index contributed by atoms with van der Waals surface area (Å²) >= 11 is 3.79. The minimum atomic E-state index is 0.451. The molecule has 2 heteroatoms. The number of halogens is 1. The molecule has 1 saturated heterocycles. The van der Waals surface area contributed by atoms with Crippen LogP contribution in [0.3, 0.4) is 0 Å². The lowest BCUT2D eigenvalue weighted by molar-refractivity contribution is 0.0824. The molecule has 0 spiro atoms. The van der Waals surface area contributed by atoms with Gasteiger partial charge in [0.2, 0.25) is 0 Å². The molecule has 2 aliphatic rings. The fourth-order valence-corrected chi connectivity index (χ4v) is 4.24. The van der Waals surface area contributed by atoms with Gasteiger partial charge in [-0.1, -0.05) is 35.2 Å². The maximum atomic E-state index is 3.79. The Hall–Kier alpha value is 0.440. The molecule has 1 saturated carbocycles. The molecule has 0 unspecified atom stereocenters. The summed E-state index contributed by atoms with van der Waals surface area (Å²) in [7, 11) is 0. The summed E-state index contributed by atoms with van der Waals surface area (Å²) in [6.07, 6.45) is 9.99. The standard InChI is InChI=1S/C14H26BrN/c1-13(2)7-6-10-16(13)12-14(11-15)8-4-3-5-9-14/h3-12H2,1-2H3. The largest absolute Gasteiger partial charge is 0.298 e. The highest BCUT2D eigenvalue weighted by Gasteiger charge is 2.39. The molecule has 0 aromatic rings. The molecule has 1 aliphatic heterocycles. The number of rotatable bonds is 3. The normalized spacial score (nSPS) is 29.4. The molecule has 1 aliphatic carbocycles. The quantitative estimate of drug-likeness (QED) is 0.703. The van der Waals surface area contributed by atoms with Crippen molar-refractivity contribution in [2.75, 3.05) is 18.4 Å². The zero-order valence-corrected chi connectivity index (χ0v) is 12.5. The van der Waals surface area contributed by atoms with Crippen molar-refractivity contribution in [3.63, 3.8) is 0 Å². The third kappa shape index (κ3) is 2.64. The highest BCUT2D eigenvalue weighted by atomic mass is 79.9. The summed E-state index contributed by atoms with van der Waals surface area (Å²) in [5.74, 6) is 0. The second-order valence-electron chi connectivity index (χ2n) is 6.53. The maximum absolute atomic E-state index is 3.79. The molecular formula is C14H26BrN. The van der Waals surface area contributed by atoms with E-state index in [9.17, 15) is 0 Å². The smallest absolute Gasteiger partial charge is 0.0153 e. The molecule has 0 bridgehead atoms. The van der Waals surface area contributed by atoms with Crippen molar-refractivity contribution in [2.24, 2.45) is 5.41 Å². The van der Waals surface area contributed by atoms with Crippen LogP contribution in [-0.4, -0.2) is 28.9 Å². The summed E-state index contributed by atoms with van der Waals surface area (Å²) < 4.78 is 0. The van der Waals surface area contributed by atoms with Gasteiger partial charge >= 0.3 is 0 Å². The summed E-state index contributed by atoms with van der Waals surface area (Å²) in [5.41, 5.74) is 1.03. The zero-order chi connectivity index (χ0) is 11.6. The van der Waals surface area contributed by atoms with Crippen LogP contribution >= 0.6 is 15.9 Å². The van der Waals surface area contributed by atoms with Gasteiger partial charge in [-0.25, -0.2) is 0 Å². The van der Waals surface area contributed by atoms with Crippen molar-refractivity contribution in [3.8, 4) is 0 Å². The lowest BCUT2D eigenvalue weighted by Crippen LogP contribution is -2.46. The van der Waals surface area contributed by atoms with E-state index in [0.717, 1.165) is 0 Å². The molecule has 1 nitrogen and oxygen atoms in total. The maximum Gasteiger partial charge on any atom is 0.0153 e. The predicted octanol–water partition coefficient (Wildman–Crippen LogP) is 4.21. The Labute approximate surface area is 109 Å². The number of hydrogen-bond donors (Lipinski definition) is 0. The average Bonchev–Trinajstić information content (AvgIpc) is 2.60. The van der Waals surface area contributed by atoms with Gasteiger partial charge in [-0.05, 0) is 51.5 Å². The van der Waals surface area contributed by atoms with E-state index in [1.165, 1.54) is 63.4 Å². The molecule has 0 aromatic carbocycles. The van der Waals surface area contributed by atoms with Crippen LogP contribution in [0.1, 0.15) is 58.8 Å². The highest BCUT2D eigenvalue weighted by Crippen LogP contribution is 2.41. The Morgan fingerprint density at radius 1 is 1.00 bits per heavy atom. The molecule has 2 rings (SSSR count). The minimum absolute atomic E-state index is 0.451. The van der Waals surface area contributed by atoms with Crippen molar-refractivity contribution in [2.45, 2.75) is 64.3 Å². The summed E-state index contributed by atoms with van der Waals surface area (Å²) in [6.45, 7) is 7.49. The molecule has 0 aromatic heterocycles. The Morgan fingerprint density at radius 3 is 2.19 bits per heavy atom. The lowest BCUT2D eigenvalue weighted by atomic mass is 9.75. The lowest BCUT2D eigenvalue weighted by Gasteiger charge is -2.43. The van der Waals surface area contributed by atoms with E-state index in [2.05, 4.69) is 34.7 Å². The van der Waals surface area contributed by atoms with Gasteiger partial charge in [0.05, 0.1) is 0 Å². The number of likely N-dealkylation sites (tertiary alicyclic amines) is 1. The van der Waals surface area contributed by atoms with Crippen LogP contribution in [0.15, 0.2) is 0 Å². The van der Waals surface area contributed by atoms with E-state index >= 15 is 0 Å². The van der Waals surface area contributed by atoms with Crippen molar-refractivity contribution in [3.05, 3.63) is 0 Å². The molecular weight excluding hydrogens is 262 g/mol. The number of alkyl halides is 1. The molecule has 2 fully saturated rings. The van der Waals surface area contributed by atoms with Gasteiger partial charge in [-0.15, -0.1) is 0 Å². The van der Waals surface area contributed by atoms with Gasteiger partial charge in [-0.2, -0.15) is 0 Å². The van der Waals surface area contributed by atoms with Crippen molar-refractivity contribution in [1.82, 2.24) is 4.90 Å². The van der Waals surface area contributed by atoms with E-state index in [-0.39, 0.29) is 0 Å². The third-order valence-corrected chi connectivity index (χ3v) is 5.99. The SMILES string of the molecule is CC1(C)CCCN1CC1(CBr)CCCCC1. The number of hydrogen-bond acceptors (Lipinski definition) is 1. The minimum Gasteiger partial charge on any atom is -0.298 e. The summed E-state index contributed by atoms with van der Waals surface area (Å²) in [6, 6.07) is 0. The van der Waals surface area contributed by atoms with E-state index in [4.69, 9.17) is 0 Å². The van der Waals surface area contributed by atoms with Crippen LogP contribution < -0.4 is 0 Å². The average molecular weight is 288 g/mol. The first-order chi connectivity index (χ1) is 7.58. The molecule has 1 heterocycles. The fraction of sp³-hybridized carbons (Fsp3) is 1.00. The zero-order valence-electron chi connectivity index (χ0n) is 10.9. The second kappa shape index (κ2) is 4.97. The predicted molar refractivity (Wildman–Crippen MR) is 74.2 cm³/mol. The highest BCUT2D eigenvalue weighted by molar-refractivity contribution is 9.09. The van der Waals surface area contributed by atoms with Crippen LogP contribution in [0.2, 0.25) is 0 Å². The Morgan fingerprint density at radius 2 is 1.69 bits per heavy atom. The summed E-state index contributed by atoms with van der Waals surface area (Å²) in [4.78, 5) is 2.75. The molecule has 0 amide bonds. The second-order valence-corrected chi connectivity index (χ2v) is 7.09. The molecule has 0 N–H and O–H groups in total. The first kappa shape index (κ1) is 12.9. The van der Waals surface area contributed by atoms with E-state index in [1.807, 2.05) is 0 Å². The van der Waals surface area contributed by atoms with E-state index < -0.39 is 0 Å². The Bertz CT molecular complexity index is 231. The van der Waals surface area contributed by atoms with Crippen LogP contribution in [0, 0.1) is 5.41 Å². The van der Waals surface area contributed by atoms with Crippen molar-refractivity contribution < 1.29 is 0 Å². The Kier molecular flexibility index (Phi) is 4.01. The van der Waals surface area contributed by atoms with Crippen LogP contribution in [-0.2, 0) is 0 Å². The molecule has 0 atom stereocenters. The Balaban J connectivity index is 2.00. The first-order valence-electron chi connectivity index (χ1n) is 6.89. The van der Waals surface area contributed by atoms with Gasteiger partial charge in [0, 0.05) is 17.4 Å². The van der Waals surface area contributed by atoms with E-state index in [1.54, 1.807) is 0 Å².